The van der Waals surface area contributed by atoms with Gasteiger partial charge in [0.1, 0.15) is 22.4 Å². The van der Waals surface area contributed by atoms with Crippen molar-refractivity contribution in [1.29, 1.82) is 0 Å². The van der Waals surface area contributed by atoms with Crippen molar-refractivity contribution in [2.75, 3.05) is 27.2 Å². The Bertz CT molecular complexity index is 1290. The molecule has 1 aromatic heterocycles. The Morgan fingerprint density at radius 3 is 2.21 bits per heavy atom. The highest BCUT2D eigenvalue weighted by atomic mass is 79.9. The number of furan rings is 1. The number of unbranched alkanes of at least 4 members (excludes halogenated alkanes) is 3. The lowest BCUT2D eigenvalue weighted by Gasteiger charge is -2.28. The van der Waals surface area contributed by atoms with E-state index in [1.807, 2.05) is 26.0 Å². The summed E-state index contributed by atoms with van der Waals surface area (Å²) in [5, 5.41) is 0.818. The van der Waals surface area contributed by atoms with Crippen LogP contribution < -0.4 is 4.74 Å². The molecule has 0 saturated heterocycles. The molecule has 0 aliphatic heterocycles. The van der Waals surface area contributed by atoms with Crippen LogP contribution in [0, 0.1) is 13.8 Å². The monoisotopic (exact) mass is 641 g/mol. The number of nitrogens with zero attached hydrogens (tertiary/aromatic N) is 1. The average Bonchev–Trinajstić information content (AvgIpc) is 3.23. The summed E-state index contributed by atoms with van der Waals surface area (Å²) in [6, 6.07) is 13.9. The van der Waals surface area contributed by atoms with Crippen LogP contribution in [-0.4, -0.2) is 44.7 Å². The van der Waals surface area contributed by atoms with Gasteiger partial charge in [-0.1, -0.05) is 43.1 Å². The van der Waals surface area contributed by atoms with E-state index in [0.29, 0.717) is 5.92 Å². The zero-order chi connectivity index (χ0) is 29.2. The highest BCUT2D eigenvalue weighted by Crippen LogP contribution is 2.32. The molecule has 0 radical (unpaired) electrons. The third kappa shape index (κ3) is 12.1. The maximum absolute atomic E-state index is 10.4. The zero-order valence-corrected chi connectivity index (χ0v) is 27.0. The molecule has 9 heteroatoms. The van der Waals surface area contributed by atoms with Crippen molar-refractivity contribution in [3.05, 3.63) is 80.7 Å². The second kappa shape index (κ2) is 15.2. The smallest absolute Gasteiger partial charge is 0.169 e. The number of rotatable bonds is 12. The molecular formula is C30H41BrClNO5S. The van der Waals surface area contributed by atoms with Gasteiger partial charge in [-0.15, -0.1) is 0 Å². The minimum absolute atomic E-state index is 0.178. The number of hydrogen-bond donors (Lipinski definition) is 0. The highest BCUT2D eigenvalue weighted by Gasteiger charge is 2.17. The van der Waals surface area contributed by atoms with Crippen molar-refractivity contribution in [3.63, 3.8) is 0 Å². The van der Waals surface area contributed by atoms with Gasteiger partial charge in [0.05, 0.1) is 32.1 Å². The van der Waals surface area contributed by atoms with Crippen LogP contribution >= 0.6 is 27.5 Å². The van der Waals surface area contributed by atoms with Crippen LogP contribution in [0.4, 0.5) is 0 Å². The van der Waals surface area contributed by atoms with Crippen LogP contribution in [0.5, 0.6) is 5.75 Å². The molecule has 39 heavy (non-hydrogen) atoms. The van der Waals surface area contributed by atoms with Gasteiger partial charge in [-0.3, -0.25) is 0 Å². The predicted molar refractivity (Wildman–Crippen MR) is 160 cm³/mol. The standard InChI is InChI=1S/C23H34BrClNO2.C7H8O3S/c1-17(2)20-15-21(25)18(3)14-22(20)27-13-9-7-6-8-12-26(4,5)16-19-10-11-23(24)28-19;1-6-2-4-7(5-3-6)11(8,9)10/h10-11,14-15,17H,6-9,12-13,16H2,1-5H3;2-5H,1H3,(H,8,9,10)/q+1;/p-1. The summed E-state index contributed by atoms with van der Waals surface area (Å²) >= 11 is 9.64. The van der Waals surface area contributed by atoms with E-state index in [1.165, 1.54) is 37.0 Å². The summed E-state index contributed by atoms with van der Waals surface area (Å²) < 4.78 is 44.6. The Morgan fingerprint density at radius 2 is 1.64 bits per heavy atom. The van der Waals surface area contributed by atoms with Gasteiger partial charge >= 0.3 is 0 Å². The Morgan fingerprint density at radius 1 is 1.00 bits per heavy atom. The van der Waals surface area contributed by atoms with Crippen LogP contribution in [0.2, 0.25) is 5.02 Å². The maximum atomic E-state index is 10.4. The molecule has 0 aliphatic carbocycles. The van der Waals surface area contributed by atoms with Gasteiger partial charge in [-0.25, -0.2) is 8.42 Å². The van der Waals surface area contributed by atoms with Crippen LogP contribution in [0.25, 0.3) is 0 Å². The van der Waals surface area contributed by atoms with Gasteiger partial charge in [0.25, 0.3) is 0 Å². The van der Waals surface area contributed by atoms with Crippen molar-refractivity contribution < 1.29 is 26.6 Å². The first kappa shape index (κ1) is 33.4. The molecule has 216 valence electrons. The van der Waals surface area contributed by atoms with Gasteiger partial charge in [0, 0.05) is 5.02 Å². The fourth-order valence-electron chi connectivity index (χ4n) is 4.07. The normalized spacial score (nSPS) is 11.8. The van der Waals surface area contributed by atoms with Gasteiger partial charge < -0.3 is 18.2 Å². The minimum Gasteiger partial charge on any atom is -0.744 e. The van der Waals surface area contributed by atoms with E-state index in [1.54, 1.807) is 12.1 Å². The zero-order valence-electron chi connectivity index (χ0n) is 23.8. The van der Waals surface area contributed by atoms with Gasteiger partial charge in [-0.2, -0.15) is 0 Å². The van der Waals surface area contributed by atoms with Crippen LogP contribution in [0.1, 0.15) is 67.9 Å². The van der Waals surface area contributed by atoms with Crippen LogP contribution in [0.3, 0.4) is 0 Å². The molecule has 0 atom stereocenters. The number of benzene rings is 2. The third-order valence-electron chi connectivity index (χ3n) is 6.35. The Hall–Kier alpha value is -1.84. The number of aryl methyl sites for hydroxylation is 2. The molecule has 0 bridgehead atoms. The largest absolute Gasteiger partial charge is 0.744 e. The van der Waals surface area contributed by atoms with Gasteiger partial charge in [0.15, 0.2) is 10.4 Å². The van der Waals surface area contributed by atoms with E-state index < -0.39 is 10.1 Å². The van der Waals surface area contributed by atoms with E-state index in [0.717, 1.165) is 62.9 Å². The van der Waals surface area contributed by atoms with E-state index in [4.69, 9.17) is 20.8 Å². The molecular weight excluding hydrogens is 602 g/mol. The summed E-state index contributed by atoms with van der Waals surface area (Å²) in [6.07, 6.45) is 4.71. The summed E-state index contributed by atoms with van der Waals surface area (Å²) in [4.78, 5) is -0.178. The lowest BCUT2D eigenvalue weighted by Crippen LogP contribution is -2.39. The molecule has 3 rings (SSSR count). The summed E-state index contributed by atoms with van der Waals surface area (Å²) in [7, 11) is 0.250. The molecule has 0 N–H and O–H groups in total. The van der Waals surface area contributed by atoms with E-state index in [9.17, 15) is 13.0 Å². The Labute approximate surface area is 247 Å². The number of quaternary nitrogens is 1. The number of ether oxygens (including phenoxy) is 1. The van der Waals surface area contributed by atoms with Gasteiger partial charge in [-0.05, 0) is 109 Å². The summed E-state index contributed by atoms with van der Waals surface area (Å²) in [6.45, 7) is 11.0. The first-order valence-electron chi connectivity index (χ1n) is 13.2. The first-order chi connectivity index (χ1) is 18.2. The SMILES string of the molecule is Cc1cc(OCCCCCC[N+](C)(C)Cc2ccc(Br)o2)c(C(C)C)cc1Cl.Cc1ccc(S(=O)(=O)[O-])cc1. The fourth-order valence-corrected chi connectivity index (χ4v) is 5.05. The molecule has 1 heterocycles. The van der Waals surface area contributed by atoms with Crippen LogP contribution in [-0.2, 0) is 16.7 Å². The third-order valence-corrected chi connectivity index (χ3v) is 8.03. The minimum atomic E-state index is -4.27. The average molecular weight is 643 g/mol. The molecule has 3 aromatic rings. The summed E-state index contributed by atoms with van der Waals surface area (Å²) in [5.41, 5.74) is 3.20. The van der Waals surface area contributed by atoms with Crippen molar-refractivity contribution in [1.82, 2.24) is 0 Å². The molecule has 0 aliphatic rings. The Balaban J connectivity index is 0.000000404. The van der Waals surface area contributed by atoms with E-state index in [-0.39, 0.29) is 4.90 Å². The fraction of sp³-hybridized carbons (Fsp3) is 0.467. The lowest BCUT2D eigenvalue weighted by molar-refractivity contribution is -0.904. The van der Waals surface area contributed by atoms with Crippen molar-refractivity contribution in [3.8, 4) is 5.75 Å². The predicted octanol–water partition coefficient (Wildman–Crippen LogP) is 8.24. The highest BCUT2D eigenvalue weighted by molar-refractivity contribution is 9.10. The second-order valence-corrected chi connectivity index (χ2v) is 13.4. The van der Waals surface area contributed by atoms with Crippen molar-refractivity contribution in [2.45, 2.75) is 70.7 Å². The first-order valence-corrected chi connectivity index (χ1v) is 15.8. The molecule has 0 unspecified atom stereocenters. The molecule has 2 aromatic carbocycles. The summed E-state index contributed by atoms with van der Waals surface area (Å²) in [5.74, 6) is 2.42. The number of halogens is 2. The molecule has 0 saturated carbocycles. The van der Waals surface area contributed by atoms with Crippen molar-refractivity contribution >= 4 is 37.6 Å². The molecule has 0 fully saturated rings. The topological polar surface area (TPSA) is 79.6 Å². The maximum Gasteiger partial charge on any atom is 0.169 e. The van der Waals surface area contributed by atoms with Crippen LogP contribution in [0.15, 0.2) is 62.5 Å². The van der Waals surface area contributed by atoms with E-state index in [2.05, 4.69) is 56.0 Å². The second-order valence-electron chi connectivity index (χ2n) is 10.8. The molecule has 6 nitrogen and oxygen atoms in total. The molecule has 0 amide bonds. The quantitative estimate of drug-likeness (QED) is 0.113. The number of hydrogen-bond acceptors (Lipinski definition) is 5. The molecule has 0 spiro atoms. The Kier molecular flexibility index (Phi) is 13.0. The van der Waals surface area contributed by atoms with Gasteiger partial charge in [0.2, 0.25) is 0 Å². The van der Waals surface area contributed by atoms with E-state index >= 15 is 0 Å². The lowest BCUT2D eigenvalue weighted by atomic mass is 10.0. The van der Waals surface area contributed by atoms with Crippen molar-refractivity contribution in [2.24, 2.45) is 0 Å².